The van der Waals surface area contributed by atoms with Crippen LogP contribution in [0.25, 0.3) is 0 Å². The Kier molecular flexibility index (Phi) is 4.94. The highest BCUT2D eigenvalue weighted by Crippen LogP contribution is 2.44. The van der Waals surface area contributed by atoms with Gasteiger partial charge in [-0.2, -0.15) is 5.26 Å². The molecule has 2 fully saturated rings. The second kappa shape index (κ2) is 6.95. The fourth-order valence-corrected chi connectivity index (χ4v) is 4.45. The largest absolute Gasteiger partial charge is 0.204 e. The van der Waals surface area contributed by atoms with Crippen LogP contribution in [-0.2, 0) is 0 Å². The zero-order valence-corrected chi connectivity index (χ0v) is 13.2. The maximum Gasteiger partial charge on any atom is 0.194 e. The molecule has 0 radical (unpaired) electrons. The smallest absolute Gasteiger partial charge is 0.194 e. The van der Waals surface area contributed by atoms with Gasteiger partial charge in [0.25, 0.3) is 0 Å². The molecule has 1 aromatic carbocycles. The molecule has 1 nitrogen and oxygen atoms in total. The highest BCUT2D eigenvalue weighted by molar-refractivity contribution is 5.23. The van der Waals surface area contributed by atoms with E-state index in [4.69, 9.17) is 5.26 Å². The Morgan fingerprint density at radius 2 is 1.26 bits per heavy atom. The topological polar surface area (TPSA) is 23.8 Å². The van der Waals surface area contributed by atoms with Gasteiger partial charge < -0.3 is 0 Å². The third kappa shape index (κ3) is 3.54. The number of halogens is 3. The highest BCUT2D eigenvalue weighted by atomic mass is 19.2. The molecule has 0 spiro atoms. The Morgan fingerprint density at radius 1 is 0.783 bits per heavy atom. The molecular weight excluding hydrogens is 299 g/mol. The van der Waals surface area contributed by atoms with Gasteiger partial charge in [0.15, 0.2) is 17.5 Å². The number of hydrogen-bond acceptors (Lipinski definition) is 1. The Balaban J connectivity index is 1.58. The molecule has 3 rings (SSSR count). The van der Waals surface area contributed by atoms with E-state index in [-0.39, 0.29) is 11.8 Å². The van der Waals surface area contributed by atoms with Crippen LogP contribution in [0.5, 0.6) is 0 Å². The second-order valence-corrected chi connectivity index (χ2v) is 7.15. The summed E-state index contributed by atoms with van der Waals surface area (Å²) in [6.45, 7) is 0. The summed E-state index contributed by atoms with van der Waals surface area (Å²) in [6, 6.07) is 4.68. The molecule has 0 bridgehead atoms. The minimum atomic E-state index is -1.38. The van der Waals surface area contributed by atoms with Crippen LogP contribution in [0.4, 0.5) is 13.2 Å². The molecule has 0 heterocycles. The van der Waals surface area contributed by atoms with Gasteiger partial charge in [-0.15, -0.1) is 0 Å². The van der Waals surface area contributed by atoms with Gasteiger partial charge in [0.2, 0.25) is 0 Å². The highest BCUT2D eigenvalue weighted by Gasteiger charge is 2.31. The molecule has 4 heteroatoms. The predicted molar refractivity (Wildman–Crippen MR) is 82.1 cm³/mol. The molecule has 2 saturated carbocycles. The number of nitrogens with zero attached hydrogens (tertiary/aromatic N) is 1. The van der Waals surface area contributed by atoms with Crippen LogP contribution < -0.4 is 0 Å². The molecule has 2 aliphatic rings. The quantitative estimate of drug-likeness (QED) is 0.640. The molecule has 23 heavy (non-hydrogen) atoms. The maximum absolute atomic E-state index is 13.4. The average Bonchev–Trinajstić information content (AvgIpc) is 2.59. The summed E-state index contributed by atoms with van der Waals surface area (Å²) in [5, 5.41) is 8.97. The minimum absolute atomic E-state index is 0.131. The third-order valence-electron chi connectivity index (χ3n) is 5.87. The van der Waals surface area contributed by atoms with E-state index in [1.807, 2.05) is 0 Å². The van der Waals surface area contributed by atoms with Crippen molar-refractivity contribution < 1.29 is 13.2 Å². The van der Waals surface area contributed by atoms with Crippen LogP contribution in [0.15, 0.2) is 12.1 Å². The van der Waals surface area contributed by atoms with Gasteiger partial charge in [0.1, 0.15) is 0 Å². The first-order valence-corrected chi connectivity index (χ1v) is 8.62. The molecule has 0 unspecified atom stereocenters. The summed E-state index contributed by atoms with van der Waals surface area (Å²) in [6.07, 6.45) is 8.23. The molecule has 124 valence electrons. The zero-order valence-electron chi connectivity index (χ0n) is 13.2. The van der Waals surface area contributed by atoms with Crippen molar-refractivity contribution in [1.82, 2.24) is 0 Å². The van der Waals surface area contributed by atoms with Crippen LogP contribution >= 0.6 is 0 Å². The van der Waals surface area contributed by atoms with E-state index in [0.717, 1.165) is 63.5 Å². The predicted octanol–water partition coefficient (Wildman–Crippen LogP) is 5.71. The van der Waals surface area contributed by atoms with Gasteiger partial charge in [0.05, 0.1) is 6.07 Å². The minimum Gasteiger partial charge on any atom is -0.204 e. The van der Waals surface area contributed by atoms with Crippen LogP contribution in [0, 0.1) is 46.5 Å². The number of hydrogen-bond donors (Lipinski definition) is 0. The summed E-state index contributed by atoms with van der Waals surface area (Å²) in [4.78, 5) is 0. The van der Waals surface area contributed by atoms with Gasteiger partial charge in [-0.1, -0.05) is 0 Å². The fraction of sp³-hybridized carbons (Fsp3) is 0.632. The van der Waals surface area contributed by atoms with E-state index in [0.29, 0.717) is 17.4 Å². The van der Waals surface area contributed by atoms with E-state index < -0.39 is 17.5 Å². The summed E-state index contributed by atoms with van der Waals surface area (Å²) in [5.74, 6) is -1.83. The number of rotatable bonds is 2. The van der Waals surface area contributed by atoms with Gasteiger partial charge in [-0.3, -0.25) is 0 Å². The van der Waals surface area contributed by atoms with Gasteiger partial charge in [-0.05, 0) is 86.8 Å². The first kappa shape index (κ1) is 16.4. The third-order valence-corrected chi connectivity index (χ3v) is 5.87. The molecule has 0 atom stereocenters. The lowest BCUT2D eigenvalue weighted by molar-refractivity contribution is 0.173. The molecule has 1 aromatic rings. The lowest BCUT2D eigenvalue weighted by Gasteiger charge is -2.37. The molecule has 2 aliphatic carbocycles. The summed E-state index contributed by atoms with van der Waals surface area (Å²) in [5.41, 5.74) is 0.591. The van der Waals surface area contributed by atoms with Gasteiger partial charge in [0, 0.05) is 5.92 Å². The Morgan fingerprint density at radius 3 is 1.74 bits per heavy atom. The van der Waals surface area contributed by atoms with E-state index in [1.165, 1.54) is 0 Å². The SMILES string of the molecule is N#CC1CCC(C2CCC(c3cc(F)c(F)c(F)c3)CC2)CC1. The van der Waals surface area contributed by atoms with Crippen molar-refractivity contribution in [1.29, 1.82) is 5.26 Å². The summed E-state index contributed by atoms with van der Waals surface area (Å²) < 4.78 is 39.9. The first-order valence-electron chi connectivity index (χ1n) is 8.62. The second-order valence-electron chi connectivity index (χ2n) is 7.15. The van der Waals surface area contributed by atoms with Crippen molar-refractivity contribution in [2.45, 2.75) is 57.3 Å². The standard InChI is InChI=1S/C19H22F3N/c20-17-9-16(10-18(21)19(17)22)15-7-5-14(6-8-15)13-3-1-12(11-23)2-4-13/h9-10,12-15H,1-8H2. The molecule has 0 aliphatic heterocycles. The summed E-state index contributed by atoms with van der Waals surface area (Å²) >= 11 is 0. The van der Waals surface area contributed by atoms with E-state index in [9.17, 15) is 13.2 Å². The van der Waals surface area contributed by atoms with Gasteiger partial charge >= 0.3 is 0 Å². The van der Waals surface area contributed by atoms with Crippen LogP contribution in [-0.4, -0.2) is 0 Å². The number of nitriles is 1. The molecule has 0 saturated heterocycles. The van der Waals surface area contributed by atoms with Crippen molar-refractivity contribution in [3.63, 3.8) is 0 Å². The summed E-state index contributed by atoms with van der Waals surface area (Å²) in [7, 11) is 0. The van der Waals surface area contributed by atoms with Gasteiger partial charge in [-0.25, -0.2) is 13.2 Å². The Hall–Kier alpha value is -1.50. The normalized spacial score (nSPS) is 31.6. The van der Waals surface area contributed by atoms with E-state index in [1.54, 1.807) is 0 Å². The van der Waals surface area contributed by atoms with Crippen molar-refractivity contribution in [2.75, 3.05) is 0 Å². The first-order chi connectivity index (χ1) is 11.1. The zero-order chi connectivity index (χ0) is 16.4. The fourth-order valence-electron chi connectivity index (χ4n) is 4.45. The van der Waals surface area contributed by atoms with Crippen LogP contribution in [0.2, 0.25) is 0 Å². The van der Waals surface area contributed by atoms with Crippen molar-refractivity contribution >= 4 is 0 Å². The van der Waals surface area contributed by atoms with E-state index >= 15 is 0 Å². The van der Waals surface area contributed by atoms with Crippen molar-refractivity contribution in [3.8, 4) is 6.07 Å². The van der Waals surface area contributed by atoms with Crippen molar-refractivity contribution in [3.05, 3.63) is 35.1 Å². The molecular formula is C19H22F3N. The lowest BCUT2D eigenvalue weighted by atomic mass is 9.68. The Labute approximate surface area is 135 Å². The van der Waals surface area contributed by atoms with E-state index in [2.05, 4.69) is 6.07 Å². The average molecular weight is 321 g/mol. The van der Waals surface area contributed by atoms with Crippen LogP contribution in [0.1, 0.15) is 62.8 Å². The lowest BCUT2D eigenvalue weighted by Crippen LogP contribution is -2.25. The number of benzene rings is 1. The maximum atomic E-state index is 13.4. The monoisotopic (exact) mass is 321 g/mol. The Bertz CT molecular complexity index is 568. The molecule has 0 amide bonds. The van der Waals surface area contributed by atoms with Crippen LogP contribution in [0.3, 0.4) is 0 Å². The molecule has 0 aromatic heterocycles. The molecule has 0 N–H and O–H groups in total. The van der Waals surface area contributed by atoms with Crippen molar-refractivity contribution in [2.24, 2.45) is 17.8 Å².